The lowest BCUT2D eigenvalue weighted by Gasteiger charge is -2.29. The smallest absolute Gasteiger partial charge is 0.315 e. The zero-order valence-electron chi connectivity index (χ0n) is 20.8. The Morgan fingerprint density at radius 1 is 0.947 bits per heavy atom. The number of aromatic nitrogens is 1. The Morgan fingerprint density at radius 2 is 1.63 bits per heavy atom. The van der Waals surface area contributed by atoms with Gasteiger partial charge in [0.1, 0.15) is 11.6 Å². The summed E-state index contributed by atoms with van der Waals surface area (Å²) < 4.78 is 26.8. The molecule has 38 heavy (non-hydrogen) atoms. The molecule has 2 aromatic rings. The molecule has 1 aromatic heterocycles. The maximum absolute atomic E-state index is 13.4. The molecule has 2 fully saturated rings. The van der Waals surface area contributed by atoms with Gasteiger partial charge in [0.05, 0.1) is 12.2 Å². The van der Waals surface area contributed by atoms with Gasteiger partial charge in [-0.05, 0) is 43.4 Å². The van der Waals surface area contributed by atoms with Gasteiger partial charge in [0.25, 0.3) is 5.91 Å². The first-order valence-electron chi connectivity index (χ1n) is 12.7. The average molecular weight is 528 g/mol. The predicted octanol–water partition coefficient (Wildman–Crippen LogP) is 2.40. The van der Waals surface area contributed by atoms with Gasteiger partial charge in [0.15, 0.2) is 0 Å². The molecule has 0 aliphatic heterocycles. The van der Waals surface area contributed by atoms with E-state index in [2.05, 4.69) is 26.3 Å². The van der Waals surface area contributed by atoms with E-state index in [0.29, 0.717) is 18.5 Å². The van der Waals surface area contributed by atoms with Crippen molar-refractivity contribution in [3.8, 4) is 0 Å². The second-order valence-electron chi connectivity index (χ2n) is 9.89. The SMILES string of the molecule is O=C(NC1CCC(F)(F)CC1)NC1(C(=O)N[C@H](Cc2ccccc2)C(=O)C(=O)NCc2ccccn2)CC1. The summed E-state index contributed by atoms with van der Waals surface area (Å²) in [7, 11) is 0. The number of hydrogen-bond acceptors (Lipinski definition) is 5. The van der Waals surface area contributed by atoms with Crippen molar-refractivity contribution in [2.45, 2.75) is 75.0 Å². The van der Waals surface area contributed by atoms with E-state index in [1.807, 2.05) is 6.07 Å². The normalized spacial score (nSPS) is 18.5. The molecule has 0 radical (unpaired) electrons. The number of halogens is 2. The van der Waals surface area contributed by atoms with Crippen LogP contribution in [0.3, 0.4) is 0 Å². The third-order valence-electron chi connectivity index (χ3n) is 6.87. The summed E-state index contributed by atoms with van der Waals surface area (Å²) in [5.74, 6) is -4.96. The topological polar surface area (TPSA) is 129 Å². The van der Waals surface area contributed by atoms with E-state index >= 15 is 0 Å². The van der Waals surface area contributed by atoms with Gasteiger partial charge in [-0.25, -0.2) is 13.6 Å². The third-order valence-corrected chi connectivity index (χ3v) is 6.87. The molecule has 4 rings (SSSR count). The van der Waals surface area contributed by atoms with E-state index in [1.54, 1.807) is 48.7 Å². The molecule has 202 valence electrons. The van der Waals surface area contributed by atoms with Crippen LogP contribution in [0.4, 0.5) is 13.6 Å². The number of carbonyl (C=O) groups excluding carboxylic acids is 4. The Kier molecular flexibility index (Phi) is 8.33. The Labute approximate surface area is 219 Å². The minimum Gasteiger partial charge on any atom is -0.344 e. The Hall–Kier alpha value is -3.89. The highest BCUT2D eigenvalue weighted by atomic mass is 19.3. The minimum absolute atomic E-state index is 0.0518. The van der Waals surface area contributed by atoms with Crippen molar-refractivity contribution in [2.75, 3.05) is 0 Å². The second-order valence-corrected chi connectivity index (χ2v) is 9.89. The molecule has 2 aliphatic rings. The summed E-state index contributed by atoms with van der Waals surface area (Å²) in [5.41, 5.74) is 0.0990. The zero-order valence-corrected chi connectivity index (χ0v) is 20.8. The van der Waals surface area contributed by atoms with Crippen LogP contribution < -0.4 is 21.3 Å². The maximum atomic E-state index is 13.4. The monoisotopic (exact) mass is 527 g/mol. The number of pyridine rings is 1. The quantitative estimate of drug-likeness (QED) is 0.353. The molecule has 4 amide bonds. The fraction of sp³-hybridized carbons (Fsp3) is 0.444. The van der Waals surface area contributed by atoms with Crippen LogP contribution in [-0.4, -0.2) is 52.2 Å². The molecule has 2 saturated carbocycles. The van der Waals surface area contributed by atoms with Crippen LogP contribution in [-0.2, 0) is 27.3 Å². The lowest BCUT2D eigenvalue weighted by atomic mass is 9.92. The lowest BCUT2D eigenvalue weighted by molar-refractivity contribution is -0.140. The van der Waals surface area contributed by atoms with Crippen LogP contribution in [0.2, 0.25) is 0 Å². The molecule has 0 unspecified atom stereocenters. The van der Waals surface area contributed by atoms with Crippen molar-refractivity contribution in [3.05, 3.63) is 66.0 Å². The highest BCUT2D eigenvalue weighted by Gasteiger charge is 2.52. The Morgan fingerprint density at radius 3 is 2.26 bits per heavy atom. The number of Topliss-reactive ketones (excluding diaryl/α,β-unsaturated/α-hetero) is 1. The molecule has 4 N–H and O–H groups in total. The Balaban J connectivity index is 1.37. The zero-order chi connectivity index (χ0) is 27.2. The number of carbonyl (C=O) groups is 4. The number of hydrogen-bond donors (Lipinski definition) is 4. The van der Waals surface area contributed by atoms with Gasteiger partial charge in [0.2, 0.25) is 17.6 Å². The van der Waals surface area contributed by atoms with E-state index in [4.69, 9.17) is 0 Å². The number of urea groups is 1. The summed E-state index contributed by atoms with van der Waals surface area (Å²) in [6.45, 7) is 0.0518. The first-order valence-corrected chi connectivity index (χ1v) is 12.7. The van der Waals surface area contributed by atoms with Gasteiger partial charge in [-0.1, -0.05) is 36.4 Å². The Bertz CT molecular complexity index is 1150. The molecule has 1 aromatic carbocycles. The number of nitrogens with one attached hydrogen (secondary N) is 4. The van der Waals surface area contributed by atoms with E-state index in [-0.39, 0.29) is 38.6 Å². The molecule has 0 bridgehead atoms. The van der Waals surface area contributed by atoms with Gasteiger partial charge in [0, 0.05) is 31.5 Å². The number of benzene rings is 1. The molecule has 0 spiro atoms. The van der Waals surface area contributed by atoms with Crippen molar-refractivity contribution in [3.63, 3.8) is 0 Å². The molecule has 2 aliphatic carbocycles. The number of amides is 4. The van der Waals surface area contributed by atoms with Gasteiger partial charge < -0.3 is 21.3 Å². The highest BCUT2D eigenvalue weighted by molar-refractivity contribution is 6.38. The minimum atomic E-state index is -2.71. The van der Waals surface area contributed by atoms with Crippen molar-refractivity contribution in [1.29, 1.82) is 0 Å². The largest absolute Gasteiger partial charge is 0.344 e. The number of rotatable bonds is 10. The van der Waals surface area contributed by atoms with Gasteiger partial charge in [-0.2, -0.15) is 0 Å². The summed E-state index contributed by atoms with van der Waals surface area (Å²) >= 11 is 0. The highest BCUT2D eigenvalue weighted by Crippen LogP contribution is 2.36. The van der Waals surface area contributed by atoms with Gasteiger partial charge in [-0.15, -0.1) is 0 Å². The van der Waals surface area contributed by atoms with Crippen LogP contribution in [0.25, 0.3) is 0 Å². The van der Waals surface area contributed by atoms with Gasteiger partial charge >= 0.3 is 6.03 Å². The standard InChI is InChI=1S/C27H31F2N5O4/c28-27(29)11-9-19(10-12-27)32-25(38)34-26(13-14-26)24(37)33-21(16-18-6-2-1-3-7-18)22(35)23(36)31-17-20-8-4-5-15-30-20/h1-8,15,19,21H,9-14,16-17H2,(H,31,36)(H,33,37)(H2,32,34,38)/t21-/m1/s1. The summed E-state index contributed by atoms with van der Waals surface area (Å²) in [5, 5.41) is 10.5. The number of nitrogens with zero attached hydrogens (tertiary/aromatic N) is 1. The first-order chi connectivity index (χ1) is 18.2. The number of ketones is 1. The van der Waals surface area contributed by atoms with Gasteiger partial charge in [-0.3, -0.25) is 19.4 Å². The predicted molar refractivity (Wildman–Crippen MR) is 134 cm³/mol. The molecule has 0 saturated heterocycles. The van der Waals surface area contributed by atoms with E-state index in [0.717, 1.165) is 5.56 Å². The van der Waals surface area contributed by atoms with Crippen molar-refractivity contribution in [2.24, 2.45) is 0 Å². The van der Waals surface area contributed by atoms with E-state index in [1.165, 1.54) is 0 Å². The van der Waals surface area contributed by atoms with Crippen molar-refractivity contribution in [1.82, 2.24) is 26.3 Å². The second kappa shape index (κ2) is 11.7. The van der Waals surface area contributed by atoms with Crippen LogP contribution in [0, 0.1) is 0 Å². The van der Waals surface area contributed by atoms with E-state index in [9.17, 15) is 28.0 Å². The molecular formula is C27H31F2N5O4. The lowest BCUT2D eigenvalue weighted by Crippen LogP contribution is -2.58. The van der Waals surface area contributed by atoms with Crippen LogP contribution >= 0.6 is 0 Å². The molecule has 1 atom stereocenters. The van der Waals surface area contributed by atoms with Crippen LogP contribution in [0.1, 0.15) is 49.8 Å². The summed E-state index contributed by atoms with van der Waals surface area (Å²) in [6.07, 6.45) is 2.08. The number of alkyl halides is 2. The summed E-state index contributed by atoms with van der Waals surface area (Å²) in [4.78, 5) is 55.6. The first kappa shape index (κ1) is 27.2. The fourth-order valence-electron chi connectivity index (χ4n) is 4.43. The average Bonchev–Trinajstić information content (AvgIpc) is 3.69. The molecule has 9 nitrogen and oxygen atoms in total. The van der Waals surface area contributed by atoms with Crippen molar-refractivity contribution < 1.29 is 28.0 Å². The van der Waals surface area contributed by atoms with Crippen LogP contribution in [0.15, 0.2) is 54.7 Å². The van der Waals surface area contributed by atoms with E-state index < -0.39 is 47.2 Å². The van der Waals surface area contributed by atoms with Crippen molar-refractivity contribution >= 4 is 23.6 Å². The maximum Gasteiger partial charge on any atom is 0.315 e. The molecule has 1 heterocycles. The molecule has 11 heteroatoms. The fourth-order valence-corrected chi connectivity index (χ4v) is 4.43. The third kappa shape index (κ3) is 7.33. The summed E-state index contributed by atoms with van der Waals surface area (Å²) in [6, 6.07) is 12.0. The van der Waals surface area contributed by atoms with Crippen LogP contribution in [0.5, 0.6) is 0 Å². The molecular weight excluding hydrogens is 496 g/mol.